The number of aryl methyl sites for hydroxylation is 1. The molecule has 2 aromatic rings. The second-order valence-corrected chi connectivity index (χ2v) is 4.27. The molecular formula is C12H12BrN3O. The zero-order valence-corrected chi connectivity index (χ0v) is 10.9. The van der Waals surface area contributed by atoms with Crippen LogP contribution in [0.4, 0.5) is 5.69 Å². The molecule has 1 N–H and O–H groups in total. The Morgan fingerprint density at radius 1 is 1.41 bits per heavy atom. The maximum absolute atomic E-state index is 11.8. The lowest BCUT2D eigenvalue weighted by Gasteiger charge is -2.03. The van der Waals surface area contributed by atoms with E-state index in [-0.39, 0.29) is 5.91 Å². The number of rotatable bonds is 3. The summed E-state index contributed by atoms with van der Waals surface area (Å²) >= 11 is 3.37. The number of amides is 1. The number of aromatic nitrogens is 2. The highest BCUT2D eigenvalue weighted by Gasteiger charge is 2.08. The molecular weight excluding hydrogens is 282 g/mol. The summed E-state index contributed by atoms with van der Waals surface area (Å²) in [6.07, 6.45) is 3.28. The van der Waals surface area contributed by atoms with Gasteiger partial charge >= 0.3 is 0 Å². The molecule has 1 aromatic carbocycles. The lowest BCUT2D eigenvalue weighted by Crippen LogP contribution is -2.12. The average molecular weight is 294 g/mol. The number of halogens is 1. The molecule has 88 valence electrons. The zero-order valence-electron chi connectivity index (χ0n) is 9.35. The van der Waals surface area contributed by atoms with Gasteiger partial charge in [-0.1, -0.05) is 28.1 Å². The molecule has 4 nitrogen and oxygen atoms in total. The first-order valence-electron chi connectivity index (χ1n) is 5.13. The zero-order chi connectivity index (χ0) is 12.3. The molecule has 5 heteroatoms. The number of carbonyl (C=O) groups is 1. The van der Waals surface area contributed by atoms with Gasteiger partial charge in [-0.2, -0.15) is 0 Å². The number of nitrogens with zero attached hydrogens (tertiary/aromatic N) is 2. The highest BCUT2D eigenvalue weighted by Crippen LogP contribution is 2.12. The van der Waals surface area contributed by atoms with Crippen LogP contribution >= 0.6 is 15.9 Å². The molecule has 17 heavy (non-hydrogen) atoms. The Labute approximate surface area is 108 Å². The van der Waals surface area contributed by atoms with Gasteiger partial charge in [0.15, 0.2) is 0 Å². The molecule has 0 spiro atoms. The third-order valence-electron chi connectivity index (χ3n) is 2.30. The van der Waals surface area contributed by atoms with Gasteiger partial charge in [0.1, 0.15) is 5.69 Å². The molecule has 0 fully saturated rings. The first kappa shape index (κ1) is 11.9. The first-order valence-corrected chi connectivity index (χ1v) is 6.25. The number of anilines is 1. The third kappa shape index (κ3) is 2.94. The normalized spacial score (nSPS) is 10.2. The Morgan fingerprint density at radius 2 is 2.12 bits per heavy atom. The van der Waals surface area contributed by atoms with Crippen LogP contribution in [0.25, 0.3) is 0 Å². The SMILES string of the molecule is Cn1cnc(C(=O)Nc2ccc(CBr)cc2)c1. The molecule has 1 aromatic heterocycles. The summed E-state index contributed by atoms with van der Waals surface area (Å²) in [5.41, 5.74) is 2.35. The van der Waals surface area contributed by atoms with Gasteiger partial charge in [0.05, 0.1) is 6.33 Å². The molecule has 1 heterocycles. The lowest BCUT2D eigenvalue weighted by atomic mass is 10.2. The van der Waals surface area contributed by atoms with Gasteiger partial charge in [0.2, 0.25) is 0 Å². The van der Waals surface area contributed by atoms with Gasteiger partial charge in [-0.05, 0) is 17.7 Å². The standard InChI is InChI=1S/C12H12BrN3O/c1-16-7-11(14-8-16)12(17)15-10-4-2-9(6-13)3-5-10/h2-5,7-8H,6H2,1H3,(H,15,17). The van der Waals surface area contributed by atoms with Crippen molar-refractivity contribution in [2.24, 2.45) is 7.05 Å². The van der Waals surface area contributed by atoms with Crippen LogP contribution < -0.4 is 5.32 Å². The van der Waals surface area contributed by atoms with E-state index in [9.17, 15) is 4.79 Å². The molecule has 0 radical (unpaired) electrons. The Bertz CT molecular complexity index is 519. The first-order chi connectivity index (χ1) is 8.19. The monoisotopic (exact) mass is 293 g/mol. The fourth-order valence-electron chi connectivity index (χ4n) is 1.40. The van der Waals surface area contributed by atoms with Crippen molar-refractivity contribution in [3.63, 3.8) is 0 Å². The number of carbonyl (C=O) groups excluding carboxylic acids is 1. The number of nitrogens with one attached hydrogen (secondary N) is 1. The van der Waals surface area contributed by atoms with E-state index in [1.807, 2.05) is 31.3 Å². The maximum atomic E-state index is 11.8. The van der Waals surface area contributed by atoms with Crippen LogP contribution in [-0.4, -0.2) is 15.5 Å². The van der Waals surface area contributed by atoms with Gasteiger partial charge in [0, 0.05) is 24.3 Å². The third-order valence-corrected chi connectivity index (χ3v) is 2.95. The van der Waals surface area contributed by atoms with E-state index in [2.05, 4.69) is 26.2 Å². The predicted molar refractivity (Wildman–Crippen MR) is 70.2 cm³/mol. The smallest absolute Gasteiger partial charge is 0.275 e. The molecule has 0 aliphatic carbocycles. The van der Waals surface area contributed by atoms with Crippen LogP contribution in [0.2, 0.25) is 0 Å². The quantitative estimate of drug-likeness (QED) is 0.884. The predicted octanol–water partition coefficient (Wildman–Crippen LogP) is 2.57. The summed E-state index contributed by atoms with van der Waals surface area (Å²) in [5.74, 6) is -0.197. The van der Waals surface area contributed by atoms with Crippen molar-refractivity contribution in [2.75, 3.05) is 5.32 Å². The summed E-state index contributed by atoms with van der Waals surface area (Å²) in [4.78, 5) is 15.8. The minimum atomic E-state index is -0.197. The maximum Gasteiger partial charge on any atom is 0.275 e. The highest BCUT2D eigenvalue weighted by atomic mass is 79.9. The van der Waals surface area contributed by atoms with Crippen LogP contribution in [0, 0.1) is 0 Å². The van der Waals surface area contributed by atoms with Crippen molar-refractivity contribution in [1.82, 2.24) is 9.55 Å². The Morgan fingerprint density at radius 3 is 2.65 bits per heavy atom. The highest BCUT2D eigenvalue weighted by molar-refractivity contribution is 9.08. The van der Waals surface area contributed by atoms with Gasteiger partial charge in [-0.25, -0.2) is 4.98 Å². The minimum absolute atomic E-state index is 0.197. The molecule has 2 rings (SSSR count). The number of hydrogen-bond acceptors (Lipinski definition) is 2. The number of hydrogen-bond donors (Lipinski definition) is 1. The molecule has 0 aliphatic rings. The number of benzene rings is 1. The van der Waals surface area contributed by atoms with Gasteiger partial charge in [-0.15, -0.1) is 0 Å². The summed E-state index contributed by atoms with van der Waals surface area (Å²) in [6.45, 7) is 0. The van der Waals surface area contributed by atoms with Crippen LogP contribution in [0.3, 0.4) is 0 Å². The topological polar surface area (TPSA) is 46.9 Å². The van der Waals surface area contributed by atoms with E-state index < -0.39 is 0 Å². The second-order valence-electron chi connectivity index (χ2n) is 3.71. The molecule has 0 saturated heterocycles. The van der Waals surface area contributed by atoms with Gasteiger partial charge < -0.3 is 9.88 Å². The fraction of sp³-hybridized carbons (Fsp3) is 0.167. The molecule has 1 amide bonds. The van der Waals surface area contributed by atoms with E-state index in [4.69, 9.17) is 0 Å². The van der Waals surface area contributed by atoms with Crippen LogP contribution in [0.15, 0.2) is 36.8 Å². The van der Waals surface area contributed by atoms with Crippen molar-refractivity contribution in [3.05, 3.63) is 48.0 Å². The van der Waals surface area contributed by atoms with E-state index >= 15 is 0 Å². The van der Waals surface area contributed by atoms with Crippen LogP contribution in [0.1, 0.15) is 16.1 Å². The summed E-state index contributed by atoms with van der Waals surface area (Å²) in [5, 5.41) is 3.60. The largest absolute Gasteiger partial charge is 0.340 e. The fourth-order valence-corrected chi connectivity index (χ4v) is 1.78. The number of imidazole rings is 1. The minimum Gasteiger partial charge on any atom is -0.340 e. The Hall–Kier alpha value is -1.62. The van der Waals surface area contributed by atoms with E-state index in [0.29, 0.717) is 5.69 Å². The Kier molecular flexibility index (Phi) is 3.58. The van der Waals surface area contributed by atoms with Crippen molar-refractivity contribution in [3.8, 4) is 0 Å². The van der Waals surface area contributed by atoms with E-state index in [0.717, 1.165) is 11.0 Å². The molecule has 0 atom stereocenters. The molecule has 0 aliphatic heterocycles. The number of alkyl halides is 1. The van der Waals surface area contributed by atoms with E-state index in [1.165, 1.54) is 5.56 Å². The van der Waals surface area contributed by atoms with Gasteiger partial charge in [-0.3, -0.25) is 4.79 Å². The van der Waals surface area contributed by atoms with Crippen molar-refractivity contribution >= 4 is 27.5 Å². The van der Waals surface area contributed by atoms with Crippen LogP contribution in [0.5, 0.6) is 0 Å². The van der Waals surface area contributed by atoms with Crippen molar-refractivity contribution in [2.45, 2.75) is 5.33 Å². The van der Waals surface area contributed by atoms with E-state index in [1.54, 1.807) is 17.1 Å². The summed E-state index contributed by atoms with van der Waals surface area (Å²) in [7, 11) is 1.83. The summed E-state index contributed by atoms with van der Waals surface area (Å²) < 4.78 is 1.74. The van der Waals surface area contributed by atoms with Crippen LogP contribution in [-0.2, 0) is 12.4 Å². The van der Waals surface area contributed by atoms with Crippen molar-refractivity contribution in [1.29, 1.82) is 0 Å². The van der Waals surface area contributed by atoms with Gasteiger partial charge in [0.25, 0.3) is 5.91 Å². The lowest BCUT2D eigenvalue weighted by molar-refractivity contribution is 0.102. The molecule has 0 unspecified atom stereocenters. The molecule has 0 saturated carbocycles. The molecule has 0 bridgehead atoms. The Balaban J connectivity index is 2.07. The van der Waals surface area contributed by atoms with Crippen molar-refractivity contribution < 1.29 is 4.79 Å². The second kappa shape index (κ2) is 5.14. The average Bonchev–Trinajstić information content (AvgIpc) is 2.77. The summed E-state index contributed by atoms with van der Waals surface area (Å²) in [6, 6.07) is 7.67.